The Balaban J connectivity index is 1.64. The molecular formula is C19H25N3O4. The third-order valence-electron chi connectivity index (χ3n) is 4.92. The van der Waals surface area contributed by atoms with E-state index in [0.717, 1.165) is 42.9 Å². The highest BCUT2D eigenvalue weighted by Crippen LogP contribution is 2.29. The van der Waals surface area contributed by atoms with Crippen LogP contribution in [0.4, 0.5) is 16.2 Å². The Morgan fingerprint density at radius 3 is 2.58 bits per heavy atom. The van der Waals surface area contributed by atoms with Crippen LogP contribution in [0.1, 0.15) is 38.2 Å². The van der Waals surface area contributed by atoms with Crippen LogP contribution in [0, 0.1) is 6.92 Å². The predicted molar refractivity (Wildman–Crippen MR) is 98.3 cm³/mol. The molecule has 2 fully saturated rings. The Morgan fingerprint density at radius 1 is 1.23 bits per heavy atom. The van der Waals surface area contributed by atoms with Crippen molar-refractivity contribution in [2.75, 3.05) is 29.4 Å². The Bertz CT molecular complexity index is 711. The summed E-state index contributed by atoms with van der Waals surface area (Å²) in [6.45, 7) is 5.90. The van der Waals surface area contributed by atoms with E-state index in [2.05, 4.69) is 10.2 Å². The number of rotatable bonds is 4. The van der Waals surface area contributed by atoms with Crippen LogP contribution in [0.25, 0.3) is 0 Å². The molecule has 0 unspecified atom stereocenters. The molecule has 3 rings (SSSR count). The first-order chi connectivity index (χ1) is 12.5. The van der Waals surface area contributed by atoms with E-state index < -0.39 is 0 Å². The second-order valence-corrected chi connectivity index (χ2v) is 6.76. The van der Waals surface area contributed by atoms with Crippen molar-refractivity contribution in [3.63, 3.8) is 0 Å². The largest absolute Gasteiger partial charge is 0.462 e. The van der Waals surface area contributed by atoms with E-state index in [1.807, 2.05) is 25.1 Å². The van der Waals surface area contributed by atoms with Crippen molar-refractivity contribution < 1.29 is 19.1 Å². The molecule has 0 radical (unpaired) electrons. The molecule has 3 amide bonds. The summed E-state index contributed by atoms with van der Waals surface area (Å²) in [5.41, 5.74) is 3.00. The minimum Gasteiger partial charge on any atom is -0.462 e. The lowest BCUT2D eigenvalue weighted by molar-refractivity contribution is -0.149. The van der Waals surface area contributed by atoms with Crippen LogP contribution in [0.2, 0.25) is 0 Å². The zero-order valence-corrected chi connectivity index (χ0v) is 15.3. The molecule has 0 aromatic heterocycles. The number of nitrogens with one attached hydrogen (secondary N) is 1. The van der Waals surface area contributed by atoms with Crippen LogP contribution < -0.4 is 15.1 Å². The fraction of sp³-hybridized carbons (Fsp3) is 0.526. The fourth-order valence-corrected chi connectivity index (χ4v) is 3.46. The molecular weight excluding hydrogens is 334 g/mol. The van der Waals surface area contributed by atoms with Crippen molar-refractivity contribution in [3.8, 4) is 0 Å². The molecule has 7 heteroatoms. The van der Waals surface area contributed by atoms with Crippen LogP contribution in [0.5, 0.6) is 0 Å². The van der Waals surface area contributed by atoms with Gasteiger partial charge in [0.1, 0.15) is 6.10 Å². The van der Waals surface area contributed by atoms with Gasteiger partial charge < -0.3 is 9.64 Å². The molecule has 7 nitrogen and oxygen atoms in total. The lowest BCUT2D eigenvalue weighted by Crippen LogP contribution is -2.49. The third kappa shape index (κ3) is 3.98. The molecule has 0 bridgehead atoms. The smallest absolute Gasteiger partial charge is 0.328 e. The number of piperidine rings is 1. The first kappa shape index (κ1) is 18.2. The van der Waals surface area contributed by atoms with Gasteiger partial charge in [-0.1, -0.05) is 6.92 Å². The highest BCUT2D eigenvalue weighted by atomic mass is 16.5. The topological polar surface area (TPSA) is 79.0 Å². The van der Waals surface area contributed by atoms with Crippen molar-refractivity contribution >= 4 is 29.3 Å². The number of aryl methyl sites for hydroxylation is 1. The second-order valence-electron chi connectivity index (χ2n) is 6.76. The van der Waals surface area contributed by atoms with E-state index in [0.29, 0.717) is 19.4 Å². The second kappa shape index (κ2) is 7.76. The standard InChI is InChI=1S/C19H25N3O4/c1-3-18(24)26-15-6-9-21(10-7-15)16-5-4-14(12-13(16)2)22-11-8-17(23)20-19(22)25/h4-5,12,15H,3,6-11H2,1-2H3,(H,20,23,25). The van der Waals surface area contributed by atoms with Gasteiger partial charge in [0.15, 0.2) is 0 Å². The van der Waals surface area contributed by atoms with Gasteiger partial charge in [-0.2, -0.15) is 0 Å². The van der Waals surface area contributed by atoms with Crippen molar-refractivity contribution in [3.05, 3.63) is 23.8 Å². The number of amides is 3. The molecule has 2 aliphatic rings. The highest BCUT2D eigenvalue weighted by Gasteiger charge is 2.26. The minimum atomic E-state index is -0.369. The van der Waals surface area contributed by atoms with Gasteiger partial charge in [-0.25, -0.2) is 4.79 Å². The van der Waals surface area contributed by atoms with Gasteiger partial charge in [-0.3, -0.25) is 19.8 Å². The summed E-state index contributed by atoms with van der Waals surface area (Å²) in [5.74, 6) is -0.367. The number of hydrogen-bond donors (Lipinski definition) is 1. The van der Waals surface area contributed by atoms with Gasteiger partial charge in [-0.05, 0) is 30.7 Å². The average molecular weight is 359 g/mol. The van der Waals surface area contributed by atoms with E-state index in [1.54, 1.807) is 11.8 Å². The summed E-state index contributed by atoms with van der Waals surface area (Å²) in [6, 6.07) is 5.55. The number of nitrogens with zero attached hydrogens (tertiary/aromatic N) is 2. The number of carbonyl (C=O) groups is 3. The van der Waals surface area contributed by atoms with Gasteiger partial charge >= 0.3 is 12.0 Å². The van der Waals surface area contributed by atoms with Crippen molar-refractivity contribution in [2.45, 2.75) is 45.6 Å². The highest BCUT2D eigenvalue weighted by molar-refractivity contribution is 6.05. The molecule has 2 aliphatic heterocycles. The van der Waals surface area contributed by atoms with Crippen LogP contribution in [-0.4, -0.2) is 43.6 Å². The number of anilines is 2. The van der Waals surface area contributed by atoms with E-state index in [9.17, 15) is 14.4 Å². The van der Waals surface area contributed by atoms with Crippen molar-refractivity contribution in [1.29, 1.82) is 0 Å². The fourth-order valence-electron chi connectivity index (χ4n) is 3.46. The van der Waals surface area contributed by atoms with Gasteiger partial charge in [0.25, 0.3) is 0 Å². The summed E-state index contributed by atoms with van der Waals surface area (Å²) in [6.07, 6.45) is 2.38. The van der Waals surface area contributed by atoms with E-state index in [4.69, 9.17) is 4.74 Å². The number of benzene rings is 1. The Hall–Kier alpha value is -2.57. The number of esters is 1. The molecule has 140 valence electrons. The van der Waals surface area contributed by atoms with E-state index in [1.165, 1.54) is 0 Å². The Morgan fingerprint density at radius 2 is 1.96 bits per heavy atom. The maximum absolute atomic E-state index is 12.0. The number of hydrogen-bond acceptors (Lipinski definition) is 5. The lowest BCUT2D eigenvalue weighted by Gasteiger charge is -2.34. The summed E-state index contributed by atoms with van der Waals surface area (Å²) < 4.78 is 5.43. The maximum Gasteiger partial charge on any atom is 0.328 e. The van der Waals surface area contributed by atoms with Crippen LogP contribution in [-0.2, 0) is 14.3 Å². The molecule has 1 aromatic rings. The molecule has 0 saturated carbocycles. The first-order valence-corrected chi connectivity index (χ1v) is 9.14. The van der Waals surface area contributed by atoms with E-state index in [-0.39, 0.29) is 24.0 Å². The van der Waals surface area contributed by atoms with E-state index >= 15 is 0 Å². The number of carbonyl (C=O) groups excluding carboxylic acids is 3. The normalized spacial score (nSPS) is 18.7. The van der Waals surface area contributed by atoms with Crippen LogP contribution in [0.3, 0.4) is 0 Å². The molecule has 0 atom stereocenters. The van der Waals surface area contributed by atoms with Crippen molar-refractivity contribution in [1.82, 2.24) is 5.32 Å². The zero-order valence-electron chi connectivity index (χ0n) is 15.3. The zero-order chi connectivity index (χ0) is 18.7. The van der Waals surface area contributed by atoms with Gasteiger partial charge in [-0.15, -0.1) is 0 Å². The van der Waals surface area contributed by atoms with Gasteiger partial charge in [0, 0.05) is 56.7 Å². The SMILES string of the molecule is CCC(=O)OC1CCN(c2ccc(N3CCC(=O)NC3=O)cc2C)CC1. The summed E-state index contributed by atoms with van der Waals surface area (Å²) in [7, 11) is 0. The molecule has 1 N–H and O–H groups in total. The molecule has 26 heavy (non-hydrogen) atoms. The van der Waals surface area contributed by atoms with Crippen molar-refractivity contribution in [2.24, 2.45) is 0 Å². The Labute approximate surface area is 153 Å². The quantitative estimate of drug-likeness (QED) is 0.835. The number of urea groups is 1. The van der Waals surface area contributed by atoms with Gasteiger partial charge in [0.2, 0.25) is 5.91 Å². The molecule has 2 saturated heterocycles. The first-order valence-electron chi connectivity index (χ1n) is 9.14. The summed E-state index contributed by atoms with van der Waals surface area (Å²) in [5, 5.41) is 2.35. The van der Waals surface area contributed by atoms with Gasteiger partial charge in [0.05, 0.1) is 0 Å². The van der Waals surface area contributed by atoms with Crippen LogP contribution >= 0.6 is 0 Å². The minimum absolute atomic E-state index is 0.00728. The lowest BCUT2D eigenvalue weighted by atomic mass is 10.0. The summed E-state index contributed by atoms with van der Waals surface area (Å²) in [4.78, 5) is 38.6. The maximum atomic E-state index is 12.0. The molecule has 0 spiro atoms. The Kier molecular flexibility index (Phi) is 5.44. The van der Waals surface area contributed by atoms with Crippen LogP contribution in [0.15, 0.2) is 18.2 Å². The monoisotopic (exact) mass is 359 g/mol. The summed E-state index contributed by atoms with van der Waals surface area (Å²) >= 11 is 0. The average Bonchev–Trinajstić information content (AvgIpc) is 2.62. The molecule has 1 aromatic carbocycles. The number of imide groups is 1. The predicted octanol–water partition coefficient (Wildman–Crippen LogP) is 2.36. The molecule has 0 aliphatic carbocycles. The third-order valence-corrected chi connectivity index (χ3v) is 4.92. The molecule has 2 heterocycles. The number of ether oxygens (including phenoxy) is 1.